The molecule has 0 aliphatic heterocycles. The molecule has 0 aromatic carbocycles. The lowest BCUT2D eigenvalue weighted by Crippen LogP contribution is -2.34. The molecule has 5 heteroatoms. The van der Waals surface area contributed by atoms with Crippen molar-refractivity contribution in [3.05, 3.63) is 18.0 Å². The summed E-state index contributed by atoms with van der Waals surface area (Å²) in [4.78, 5) is 12.6. The molecule has 2 aliphatic rings. The van der Waals surface area contributed by atoms with Crippen molar-refractivity contribution in [2.24, 2.45) is 17.6 Å². The van der Waals surface area contributed by atoms with Crippen LogP contribution in [-0.2, 0) is 0 Å². The smallest absolute Gasteiger partial charge is 0.179 e. The third-order valence-electron chi connectivity index (χ3n) is 4.92. The fourth-order valence-corrected chi connectivity index (χ4v) is 3.95. The minimum atomic E-state index is 0.267. The van der Waals surface area contributed by atoms with Gasteiger partial charge in [-0.3, -0.25) is 0 Å². The van der Waals surface area contributed by atoms with Crippen LogP contribution >= 0.6 is 0 Å². The molecule has 4 N–H and O–H groups in total. The van der Waals surface area contributed by atoms with Crippen molar-refractivity contribution in [1.82, 2.24) is 15.0 Å². The van der Waals surface area contributed by atoms with E-state index in [1.807, 2.05) is 19.2 Å². The summed E-state index contributed by atoms with van der Waals surface area (Å²) in [6.07, 6.45) is 3.87. The highest BCUT2D eigenvalue weighted by molar-refractivity contribution is 5.73. The van der Waals surface area contributed by atoms with Crippen LogP contribution in [0, 0.1) is 11.8 Å². The molecule has 0 radical (unpaired) electrons. The number of H-pyrrole nitrogens is 1. The summed E-state index contributed by atoms with van der Waals surface area (Å²) in [5.41, 5.74) is 8.17. The first-order chi connectivity index (χ1) is 9.26. The van der Waals surface area contributed by atoms with Gasteiger partial charge in [-0.1, -0.05) is 0 Å². The molecule has 2 fully saturated rings. The number of imidazole rings is 1. The summed E-state index contributed by atoms with van der Waals surface area (Å²) in [6.45, 7) is 0. The molecule has 4 unspecified atom stereocenters. The number of pyridine rings is 1. The number of rotatable bonds is 2. The Balaban J connectivity index is 1.75. The van der Waals surface area contributed by atoms with Crippen molar-refractivity contribution in [3.63, 3.8) is 0 Å². The van der Waals surface area contributed by atoms with Crippen LogP contribution in [0.15, 0.2) is 12.1 Å². The third-order valence-corrected chi connectivity index (χ3v) is 4.92. The van der Waals surface area contributed by atoms with Crippen molar-refractivity contribution in [2.45, 2.75) is 31.2 Å². The SMILES string of the molecule is CNc1ccc2[nH]c(C3C4CCC(C4)C3N)nc2n1. The number of aromatic nitrogens is 3. The van der Waals surface area contributed by atoms with Gasteiger partial charge in [0.25, 0.3) is 0 Å². The van der Waals surface area contributed by atoms with E-state index in [9.17, 15) is 0 Å². The Morgan fingerprint density at radius 3 is 2.84 bits per heavy atom. The first-order valence-electron chi connectivity index (χ1n) is 7.06. The number of anilines is 1. The van der Waals surface area contributed by atoms with Gasteiger partial charge in [0.1, 0.15) is 11.6 Å². The van der Waals surface area contributed by atoms with E-state index in [1.165, 1.54) is 19.3 Å². The predicted molar refractivity (Wildman–Crippen MR) is 75.0 cm³/mol. The van der Waals surface area contributed by atoms with Gasteiger partial charge in [0, 0.05) is 19.0 Å². The second-order valence-corrected chi connectivity index (χ2v) is 5.88. The maximum absolute atomic E-state index is 6.38. The van der Waals surface area contributed by atoms with Crippen molar-refractivity contribution < 1.29 is 0 Å². The minimum absolute atomic E-state index is 0.267. The number of hydrogen-bond acceptors (Lipinski definition) is 4. The van der Waals surface area contributed by atoms with E-state index >= 15 is 0 Å². The zero-order valence-electron chi connectivity index (χ0n) is 11.1. The maximum Gasteiger partial charge on any atom is 0.179 e. The molecule has 4 rings (SSSR count). The molecule has 2 bridgehead atoms. The van der Waals surface area contributed by atoms with E-state index in [4.69, 9.17) is 5.73 Å². The van der Waals surface area contributed by atoms with E-state index in [0.29, 0.717) is 17.8 Å². The number of nitrogens with zero attached hydrogens (tertiary/aromatic N) is 2. The van der Waals surface area contributed by atoms with Gasteiger partial charge < -0.3 is 16.0 Å². The van der Waals surface area contributed by atoms with Crippen molar-refractivity contribution >= 4 is 17.0 Å². The van der Waals surface area contributed by atoms with Gasteiger partial charge in [0.2, 0.25) is 0 Å². The topological polar surface area (TPSA) is 79.6 Å². The molecule has 0 amide bonds. The molecule has 2 saturated carbocycles. The average molecular weight is 257 g/mol. The predicted octanol–water partition coefficient (Wildman–Crippen LogP) is 1.84. The quantitative estimate of drug-likeness (QED) is 0.767. The Hall–Kier alpha value is -1.62. The fraction of sp³-hybridized carbons (Fsp3) is 0.571. The summed E-state index contributed by atoms with van der Waals surface area (Å²) in [6, 6.07) is 4.26. The van der Waals surface area contributed by atoms with Crippen molar-refractivity contribution in [2.75, 3.05) is 12.4 Å². The Bertz CT molecular complexity index is 617. The number of nitrogens with two attached hydrogens (primary N) is 1. The Kier molecular flexibility index (Phi) is 2.33. The second kappa shape index (κ2) is 3.93. The highest BCUT2D eigenvalue weighted by Gasteiger charge is 2.47. The molecule has 2 aliphatic carbocycles. The molecule has 0 spiro atoms. The molecule has 2 aromatic rings. The van der Waals surface area contributed by atoms with E-state index in [1.54, 1.807) is 0 Å². The van der Waals surface area contributed by atoms with E-state index < -0.39 is 0 Å². The molecular formula is C14H19N5. The number of aromatic amines is 1. The summed E-state index contributed by atoms with van der Waals surface area (Å²) in [5.74, 6) is 3.69. The lowest BCUT2D eigenvalue weighted by molar-refractivity contribution is 0.356. The second-order valence-electron chi connectivity index (χ2n) is 5.88. The van der Waals surface area contributed by atoms with E-state index in [0.717, 1.165) is 22.8 Å². The van der Waals surface area contributed by atoms with Crippen molar-refractivity contribution in [1.29, 1.82) is 0 Å². The Labute approximate surface area is 112 Å². The van der Waals surface area contributed by atoms with Crippen LogP contribution in [0.5, 0.6) is 0 Å². The first kappa shape index (κ1) is 11.2. The summed E-state index contributed by atoms with van der Waals surface area (Å²) >= 11 is 0. The highest BCUT2D eigenvalue weighted by atomic mass is 15.1. The van der Waals surface area contributed by atoms with Gasteiger partial charge in [0.15, 0.2) is 5.65 Å². The molecule has 4 atom stereocenters. The summed E-state index contributed by atoms with van der Waals surface area (Å²) in [7, 11) is 1.87. The normalized spacial score (nSPS) is 33.2. The molecule has 100 valence electrons. The maximum atomic E-state index is 6.38. The molecule has 5 nitrogen and oxygen atoms in total. The molecule has 0 saturated heterocycles. The minimum Gasteiger partial charge on any atom is -0.373 e. The van der Waals surface area contributed by atoms with Crippen LogP contribution in [0.4, 0.5) is 5.82 Å². The van der Waals surface area contributed by atoms with Crippen LogP contribution in [-0.4, -0.2) is 28.0 Å². The molecule has 2 heterocycles. The average Bonchev–Trinajstić information content (AvgIpc) is 3.10. The van der Waals surface area contributed by atoms with E-state index in [-0.39, 0.29) is 6.04 Å². The fourth-order valence-electron chi connectivity index (χ4n) is 3.95. The van der Waals surface area contributed by atoms with E-state index in [2.05, 4.69) is 20.3 Å². The van der Waals surface area contributed by atoms with Crippen LogP contribution in [0.2, 0.25) is 0 Å². The monoisotopic (exact) mass is 257 g/mol. The lowest BCUT2D eigenvalue weighted by Gasteiger charge is -2.26. The van der Waals surface area contributed by atoms with Gasteiger partial charge in [-0.05, 0) is 43.2 Å². The Morgan fingerprint density at radius 1 is 1.26 bits per heavy atom. The first-order valence-corrected chi connectivity index (χ1v) is 7.06. The van der Waals surface area contributed by atoms with Gasteiger partial charge in [-0.25, -0.2) is 9.97 Å². The number of hydrogen-bond donors (Lipinski definition) is 3. The molecular weight excluding hydrogens is 238 g/mol. The third kappa shape index (κ3) is 1.57. The summed E-state index contributed by atoms with van der Waals surface area (Å²) < 4.78 is 0. The largest absolute Gasteiger partial charge is 0.373 e. The zero-order valence-corrected chi connectivity index (χ0v) is 11.1. The van der Waals surface area contributed by atoms with Gasteiger partial charge in [-0.15, -0.1) is 0 Å². The molecule has 19 heavy (non-hydrogen) atoms. The number of fused-ring (bicyclic) bond motifs is 3. The lowest BCUT2D eigenvalue weighted by atomic mass is 9.84. The highest BCUT2D eigenvalue weighted by Crippen LogP contribution is 2.51. The van der Waals surface area contributed by atoms with Crippen molar-refractivity contribution in [3.8, 4) is 0 Å². The van der Waals surface area contributed by atoms with Crippen LogP contribution in [0.3, 0.4) is 0 Å². The van der Waals surface area contributed by atoms with Gasteiger partial charge >= 0.3 is 0 Å². The van der Waals surface area contributed by atoms with Crippen LogP contribution in [0.1, 0.15) is 31.0 Å². The van der Waals surface area contributed by atoms with Crippen LogP contribution in [0.25, 0.3) is 11.2 Å². The standard InChI is InChI=1S/C14H19N5/c1-16-10-5-4-9-13(18-10)19-14(17-9)11-7-2-3-8(6-7)12(11)15/h4-5,7-8,11-12H,2-3,6,15H2,1H3,(H2,16,17,18,19). The zero-order chi connectivity index (χ0) is 13.0. The van der Waals surface area contributed by atoms with Crippen LogP contribution < -0.4 is 11.1 Å². The Morgan fingerprint density at radius 2 is 2.11 bits per heavy atom. The van der Waals surface area contributed by atoms with Gasteiger partial charge in [0.05, 0.1) is 5.52 Å². The number of nitrogens with one attached hydrogen (secondary N) is 2. The summed E-state index contributed by atoms with van der Waals surface area (Å²) in [5, 5.41) is 3.04. The molecule has 2 aromatic heterocycles. The van der Waals surface area contributed by atoms with Gasteiger partial charge in [-0.2, -0.15) is 0 Å².